The summed E-state index contributed by atoms with van der Waals surface area (Å²) in [7, 11) is 0. The summed E-state index contributed by atoms with van der Waals surface area (Å²) in [5.41, 5.74) is 1.80. The third kappa shape index (κ3) is 2.46. The van der Waals surface area contributed by atoms with Gasteiger partial charge in [0, 0.05) is 5.02 Å². The van der Waals surface area contributed by atoms with Crippen molar-refractivity contribution >= 4 is 29.1 Å². The van der Waals surface area contributed by atoms with Crippen LogP contribution in [0.1, 0.15) is 17.2 Å². The summed E-state index contributed by atoms with van der Waals surface area (Å²) in [6, 6.07) is 15.1. The molecule has 0 spiro atoms. The molecule has 0 aliphatic carbocycles. The molecule has 2 nitrogen and oxygen atoms in total. The lowest BCUT2D eigenvalue weighted by atomic mass is 10.1. The maximum atomic E-state index is 6.18. The largest absolute Gasteiger partial charge is 0.475 e. The van der Waals surface area contributed by atoms with E-state index in [4.69, 9.17) is 27.9 Å². The van der Waals surface area contributed by atoms with Crippen LogP contribution in [0.15, 0.2) is 53.5 Å². The Hall–Kier alpha value is -1.51. The van der Waals surface area contributed by atoms with E-state index in [9.17, 15) is 0 Å². The molecule has 1 unspecified atom stereocenters. The number of hydrogen-bond acceptors (Lipinski definition) is 2. The summed E-state index contributed by atoms with van der Waals surface area (Å²) in [6.07, 6.45) is 0. The number of hydrogen-bond donors (Lipinski definition) is 0. The Labute approximate surface area is 121 Å². The van der Waals surface area contributed by atoms with Gasteiger partial charge in [0.2, 0.25) is 5.90 Å². The lowest BCUT2D eigenvalue weighted by Gasteiger charge is -2.06. The average Bonchev–Trinajstić information content (AvgIpc) is 2.89. The molecule has 0 N–H and O–H groups in total. The van der Waals surface area contributed by atoms with E-state index in [1.165, 1.54) is 0 Å². The molecule has 0 aromatic heterocycles. The summed E-state index contributed by atoms with van der Waals surface area (Å²) in [4.78, 5) is 4.58. The van der Waals surface area contributed by atoms with Crippen LogP contribution in [0.5, 0.6) is 0 Å². The minimum Gasteiger partial charge on any atom is -0.475 e. The first-order chi connectivity index (χ1) is 9.25. The van der Waals surface area contributed by atoms with E-state index < -0.39 is 0 Å². The minimum absolute atomic E-state index is 0.0695. The zero-order valence-electron chi connectivity index (χ0n) is 10.0. The van der Waals surface area contributed by atoms with Gasteiger partial charge in [-0.1, -0.05) is 53.5 Å². The molecule has 19 heavy (non-hydrogen) atoms. The molecule has 0 amide bonds. The van der Waals surface area contributed by atoms with E-state index in [2.05, 4.69) is 4.99 Å². The molecular weight excluding hydrogens is 281 g/mol. The van der Waals surface area contributed by atoms with Crippen molar-refractivity contribution in [2.24, 2.45) is 4.99 Å². The van der Waals surface area contributed by atoms with Crippen molar-refractivity contribution < 1.29 is 4.74 Å². The van der Waals surface area contributed by atoms with E-state index in [-0.39, 0.29) is 6.04 Å². The number of nitrogens with zero attached hydrogens (tertiary/aromatic N) is 1. The maximum absolute atomic E-state index is 6.18. The van der Waals surface area contributed by atoms with Crippen LogP contribution in [0.4, 0.5) is 0 Å². The minimum atomic E-state index is -0.0695. The van der Waals surface area contributed by atoms with Gasteiger partial charge in [0.05, 0.1) is 10.6 Å². The lowest BCUT2D eigenvalue weighted by molar-refractivity contribution is 0.320. The van der Waals surface area contributed by atoms with Crippen molar-refractivity contribution in [3.63, 3.8) is 0 Å². The first-order valence-electron chi connectivity index (χ1n) is 5.95. The van der Waals surface area contributed by atoms with E-state index >= 15 is 0 Å². The molecule has 0 radical (unpaired) electrons. The van der Waals surface area contributed by atoms with Crippen molar-refractivity contribution in [2.75, 3.05) is 6.61 Å². The second-order valence-corrected chi connectivity index (χ2v) is 5.08. The molecule has 4 heteroatoms. The number of benzene rings is 2. The number of rotatable bonds is 2. The van der Waals surface area contributed by atoms with Gasteiger partial charge >= 0.3 is 0 Å². The third-order valence-corrected chi connectivity index (χ3v) is 3.69. The van der Waals surface area contributed by atoms with Crippen LogP contribution in [0.3, 0.4) is 0 Å². The van der Waals surface area contributed by atoms with Gasteiger partial charge in [-0.2, -0.15) is 0 Å². The van der Waals surface area contributed by atoms with Crippen LogP contribution in [0, 0.1) is 0 Å². The Morgan fingerprint density at radius 2 is 1.63 bits per heavy atom. The van der Waals surface area contributed by atoms with Gasteiger partial charge in [-0.25, -0.2) is 4.99 Å². The predicted octanol–water partition coefficient (Wildman–Crippen LogP) is 4.51. The third-order valence-electron chi connectivity index (χ3n) is 3.02. The number of ether oxygens (including phenoxy) is 1. The normalized spacial score (nSPS) is 18.0. The van der Waals surface area contributed by atoms with Gasteiger partial charge in [0.15, 0.2) is 0 Å². The zero-order chi connectivity index (χ0) is 13.2. The summed E-state index contributed by atoms with van der Waals surface area (Å²) < 4.78 is 5.65. The monoisotopic (exact) mass is 291 g/mol. The van der Waals surface area contributed by atoms with E-state index in [0.717, 1.165) is 11.1 Å². The first kappa shape index (κ1) is 12.5. The van der Waals surface area contributed by atoms with Gasteiger partial charge < -0.3 is 4.74 Å². The van der Waals surface area contributed by atoms with Gasteiger partial charge in [0.1, 0.15) is 12.6 Å². The fourth-order valence-electron chi connectivity index (χ4n) is 2.06. The fraction of sp³-hybridized carbons (Fsp3) is 0.133. The smallest absolute Gasteiger partial charge is 0.218 e. The van der Waals surface area contributed by atoms with Crippen LogP contribution >= 0.6 is 23.2 Å². The summed E-state index contributed by atoms with van der Waals surface area (Å²) in [5.74, 6) is 0.579. The van der Waals surface area contributed by atoms with Gasteiger partial charge in [-0.05, 0) is 23.8 Å². The summed E-state index contributed by atoms with van der Waals surface area (Å²) in [6.45, 7) is 0.490. The molecule has 2 aromatic carbocycles. The first-order valence-corrected chi connectivity index (χ1v) is 6.71. The van der Waals surface area contributed by atoms with Crippen LogP contribution in [-0.4, -0.2) is 12.5 Å². The summed E-state index contributed by atoms with van der Waals surface area (Å²) in [5, 5.41) is 1.35. The highest BCUT2D eigenvalue weighted by Crippen LogP contribution is 2.31. The Morgan fingerprint density at radius 1 is 0.947 bits per heavy atom. The molecule has 0 bridgehead atoms. The molecule has 1 aliphatic rings. The highest BCUT2D eigenvalue weighted by atomic mass is 35.5. The summed E-state index contributed by atoms with van der Waals surface area (Å²) >= 11 is 12.3. The van der Waals surface area contributed by atoms with Crippen LogP contribution in [0.25, 0.3) is 0 Å². The van der Waals surface area contributed by atoms with Crippen LogP contribution < -0.4 is 0 Å². The van der Waals surface area contributed by atoms with E-state index in [1.54, 1.807) is 0 Å². The Bertz CT molecular complexity index is 640. The second kappa shape index (κ2) is 5.24. The lowest BCUT2D eigenvalue weighted by Crippen LogP contribution is -2.02. The van der Waals surface area contributed by atoms with Crippen molar-refractivity contribution in [1.29, 1.82) is 0 Å². The van der Waals surface area contributed by atoms with Gasteiger partial charge in [-0.3, -0.25) is 0 Å². The Morgan fingerprint density at radius 3 is 2.37 bits per heavy atom. The highest BCUT2D eigenvalue weighted by molar-refractivity contribution is 6.34. The topological polar surface area (TPSA) is 21.6 Å². The Balaban J connectivity index is 1.94. The molecule has 0 saturated heterocycles. The van der Waals surface area contributed by atoms with Gasteiger partial charge in [0.25, 0.3) is 0 Å². The highest BCUT2D eigenvalue weighted by Gasteiger charge is 2.24. The Kier molecular flexibility index (Phi) is 3.45. The molecule has 3 rings (SSSR count). The van der Waals surface area contributed by atoms with Crippen LogP contribution in [-0.2, 0) is 4.74 Å². The van der Waals surface area contributed by atoms with Crippen molar-refractivity contribution in [3.05, 3.63) is 69.7 Å². The zero-order valence-corrected chi connectivity index (χ0v) is 11.5. The second-order valence-electron chi connectivity index (χ2n) is 4.26. The van der Waals surface area contributed by atoms with Crippen molar-refractivity contribution in [2.45, 2.75) is 6.04 Å². The molecule has 0 saturated carbocycles. The molecule has 1 heterocycles. The fourth-order valence-corrected chi connectivity index (χ4v) is 2.54. The molecule has 1 aliphatic heterocycles. The molecular formula is C15H11Cl2NO. The molecule has 96 valence electrons. The molecule has 1 atom stereocenters. The predicted molar refractivity (Wildman–Crippen MR) is 78.1 cm³/mol. The van der Waals surface area contributed by atoms with E-state index in [0.29, 0.717) is 22.5 Å². The average molecular weight is 292 g/mol. The standard InChI is InChI=1S/C15H11Cl2NO/c16-12-7-3-1-5-10(12)14-9-19-15(18-14)11-6-2-4-8-13(11)17/h1-8,14H,9H2. The number of aliphatic imine (C=N–C) groups is 1. The number of halogens is 2. The SMILES string of the molecule is Clc1ccccc1C1=NC(c2ccccc2Cl)CO1. The van der Waals surface area contributed by atoms with Crippen molar-refractivity contribution in [3.8, 4) is 0 Å². The molecule has 0 fully saturated rings. The van der Waals surface area contributed by atoms with Crippen LogP contribution in [0.2, 0.25) is 10.0 Å². The van der Waals surface area contributed by atoms with Crippen molar-refractivity contribution in [1.82, 2.24) is 0 Å². The quantitative estimate of drug-likeness (QED) is 0.798. The van der Waals surface area contributed by atoms with Gasteiger partial charge in [-0.15, -0.1) is 0 Å². The van der Waals surface area contributed by atoms with E-state index in [1.807, 2.05) is 48.5 Å². The maximum Gasteiger partial charge on any atom is 0.218 e. The molecule has 2 aromatic rings.